The number of rotatable bonds is 9. The number of unbranched alkanes of at least 4 members (excludes halogenated alkanes) is 1. The SMILES string of the molecule is CCCCOc1cccc(C(=O)NNC(=O)COc2ccccc2C(C)C)c1. The lowest BCUT2D eigenvalue weighted by Gasteiger charge is -2.14. The Morgan fingerprint density at radius 1 is 1.00 bits per heavy atom. The van der Waals surface area contributed by atoms with Gasteiger partial charge in [0.1, 0.15) is 11.5 Å². The first kappa shape index (κ1) is 21.3. The Morgan fingerprint density at radius 3 is 2.54 bits per heavy atom. The van der Waals surface area contributed by atoms with Gasteiger partial charge in [-0.2, -0.15) is 0 Å². The van der Waals surface area contributed by atoms with Crippen molar-refractivity contribution in [1.82, 2.24) is 10.9 Å². The molecule has 0 aliphatic rings. The molecular formula is C22H28N2O4. The van der Waals surface area contributed by atoms with Crippen LogP contribution in [0.5, 0.6) is 11.5 Å². The van der Waals surface area contributed by atoms with Crippen LogP contribution < -0.4 is 20.3 Å². The Kier molecular flexibility index (Phi) is 8.34. The number of carbonyl (C=O) groups is 2. The van der Waals surface area contributed by atoms with Gasteiger partial charge in [-0.05, 0) is 42.2 Å². The summed E-state index contributed by atoms with van der Waals surface area (Å²) in [6, 6.07) is 14.4. The van der Waals surface area contributed by atoms with E-state index in [0.717, 1.165) is 18.4 Å². The molecule has 0 spiro atoms. The van der Waals surface area contributed by atoms with Gasteiger partial charge >= 0.3 is 0 Å². The van der Waals surface area contributed by atoms with Crippen molar-refractivity contribution >= 4 is 11.8 Å². The number of benzene rings is 2. The maximum Gasteiger partial charge on any atom is 0.276 e. The third-order valence-corrected chi connectivity index (χ3v) is 4.08. The number of carbonyl (C=O) groups excluding carboxylic acids is 2. The molecule has 0 aliphatic carbocycles. The van der Waals surface area contributed by atoms with Crippen LogP contribution in [-0.2, 0) is 4.79 Å². The molecule has 0 saturated carbocycles. The molecule has 2 rings (SSSR count). The van der Waals surface area contributed by atoms with Gasteiger partial charge in [0.2, 0.25) is 0 Å². The third-order valence-electron chi connectivity index (χ3n) is 4.08. The molecule has 0 saturated heterocycles. The van der Waals surface area contributed by atoms with Gasteiger partial charge in [0, 0.05) is 5.56 Å². The van der Waals surface area contributed by atoms with Crippen molar-refractivity contribution in [2.24, 2.45) is 0 Å². The predicted molar refractivity (Wildman–Crippen MR) is 108 cm³/mol. The second-order valence-electron chi connectivity index (χ2n) is 6.71. The molecule has 0 bridgehead atoms. The van der Waals surface area contributed by atoms with E-state index in [-0.39, 0.29) is 12.5 Å². The van der Waals surface area contributed by atoms with E-state index >= 15 is 0 Å². The van der Waals surface area contributed by atoms with E-state index in [2.05, 4.69) is 31.6 Å². The average molecular weight is 384 g/mol. The highest BCUT2D eigenvalue weighted by molar-refractivity contribution is 5.95. The minimum atomic E-state index is -0.442. The molecule has 2 amide bonds. The number of nitrogens with one attached hydrogen (secondary N) is 2. The number of amides is 2. The van der Waals surface area contributed by atoms with Crippen LogP contribution in [0.1, 0.15) is 55.5 Å². The second kappa shape index (κ2) is 11.0. The summed E-state index contributed by atoms with van der Waals surface area (Å²) < 4.78 is 11.2. The van der Waals surface area contributed by atoms with E-state index in [0.29, 0.717) is 23.7 Å². The fourth-order valence-corrected chi connectivity index (χ4v) is 2.53. The summed E-state index contributed by atoms with van der Waals surface area (Å²) in [4.78, 5) is 24.2. The Hall–Kier alpha value is -3.02. The zero-order valence-electron chi connectivity index (χ0n) is 16.7. The first-order chi connectivity index (χ1) is 13.5. The maximum atomic E-state index is 12.2. The number of hydrogen-bond acceptors (Lipinski definition) is 4. The molecule has 0 unspecified atom stereocenters. The van der Waals surface area contributed by atoms with Crippen LogP contribution in [0.3, 0.4) is 0 Å². The lowest BCUT2D eigenvalue weighted by atomic mass is 10.0. The molecule has 0 heterocycles. The Labute approximate surface area is 166 Å². The van der Waals surface area contributed by atoms with Crippen molar-refractivity contribution in [2.75, 3.05) is 13.2 Å². The molecule has 6 nitrogen and oxygen atoms in total. The van der Waals surface area contributed by atoms with Crippen LogP contribution >= 0.6 is 0 Å². The first-order valence-corrected chi connectivity index (χ1v) is 9.55. The highest BCUT2D eigenvalue weighted by Crippen LogP contribution is 2.25. The third kappa shape index (κ3) is 6.61. The summed E-state index contributed by atoms with van der Waals surface area (Å²) in [6.07, 6.45) is 1.99. The van der Waals surface area contributed by atoms with E-state index in [4.69, 9.17) is 9.47 Å². The van der Waals surface area contributed by atoms with Crippen molar-refractivity contribution in [3.63, 3.8) is 0 Å². The van der Waals surface area contributed by atoms with Crippen LogP contribution in [-0.4, -0.2) is 25.0 Å². The smallest absolute Gasteiger partial charge is 0.276 e. The van der Waals surface area contributed by atoms with E-state index in [9.17, 15) is 9.59 Å². The van der Waals surface area contributed by atoms with Crippen molar-refractivity contribution in [1.29, 1.82) is 0 Å². The van der Waals surface area contributed by atoms with E-state index < -0.39 is 11.8 Å². The fourth-order valence-electron chi connectivity index (χ4n) is 2.53. The van der Waals surface area contributed by atoms with E-state index in [1.54, 1.807) is 24.3 Å². The topological polar surface area (TPSA) is 76.7 Å². The van der Waals surface area contributed by atoms with Crippen LogP contribution in [0.25, 0.3) is 0 Å². The predicted octanol–water partition coefficient (Wildman–Crippen LogP) is 3.83. The molecule has 0 fully saturated rings. The molecule has 0 aliphatic heterocycles. The Morgan fingerprint density at radius 2 is 1.79 bits per heavy atom. The van der Waals surface area contributed by atoms with Crippen molar-refractivity contribution < 1.29 is 19.1 Å². The van der Waals surface area contributed by atoms with E-state index in [1.807, 2.05) is 24.3 Å². The van der Waals surface area contributed by atoms with Crippen LogP contribution in [0.4, 0.5) is 0 Å². The number of hydrogen-bond donors (Lipinski definition) is 2. The quantitative estimate of drug-likeness (QED) is 0.509. The van der Waals surface area contributed by atoms with Gasteiger partial charge in [-0.25, -0.2) is 0 Å². The van der Waals surface area contributed by atoms with Crippen LogP contribution in [0.15, 0.2) is 48.5 Å². The molecule has 28 heavy (non-hydrogen) atoms. The van der Waals surface area contributed by atoms with Gasteiger partial charge in [-0.15, -0.1) is 0 Å². The summed E-state index contributed by atoms with van der Waals surface area (Å²) in [5.41, 5.74) is 6.19. The summed E-state index contributed by atoms with van der Waals surface area (Å²) in [7, 11) is 0. The Balaban J connectivity index is 1.83. The number of hydrazine groups is 1. The molecule has 0 aromatic heterocycles. The first-order valence-electron chi connectivity index (χ1n) is 9.55. The monoisotopic (exact) mass is 384 g/mol. The molecular weight excluding hydrogens is 356 g/mol. The zero-order chi connectivity index (χ0) is 20.4. The highest BCUT2D eigenvalue weighted by Gasteiger charge is 2.11. The highest BCUT2D eigenvalue weighted by atomic mass is 16.5. The molecule has 2 aromatic rings. The lowest BCUT2D eigenvalue weighted by Crippen LogP contribution is -2.43. The minimum absolute atomic E-state index is 0.190. The summed E-state index contributed by atoms with van der Waals surface area (Å²) in [6.45, 7) is 6.61. The second-order valence-corrected chi connectivity index (χ2v) is 6.71. The maximum absolute atomic E-state index is 12.2. The van der Waals surface area contributed by atoms with Gasteiger partial charge in [0.05, 0.1) is 6.61 Å². The average Bonchev–Trinajstić information content (AvgIpc) is 2.71. The Bertz CT molecular complexity index is 790. The van der Waals surface area contributed by atoms with Gasteiger partial charge in [0.15, 0.2) is 6.61 Å². The van der Waals surface area contributed by atoms with Gasteiger partial charge < -0.3 is 9.47 Å². The van der Waals surface area contributed by atoms with Gasteiger partial charge in [-0.1, -0.05) is 51.5 Å². The van der Waals surface area contributed by atoms with Crippen molar-refractivity contribution in [3.8, 4) is 11.5 Å². The van der Waals surface area contributed by atoms with Crippen molar-refractivity contribution in [3.05, 3.63) is 59.7 Å². The number of ether oxygens (including phenoxy) is 2. The van der Waals surface area contributed by atoms with E-state index in [1.165, 1.54) is 0 Å². The zero-order valence-corrected chi connectivity index (χ0v) is 16.7. The molecule has 2 aromatic carbocycles. The molecule has 6 heteroatoms. The molecule has 150 valence electrons. The summed E-state index contributed by atoms with van der Waals surface area (Å²) in [5.74, 6) is 0.710. The summed E-state index contributed by atoms with van der Waals surface area (Å²) >= 11 is 0. The van der Waals surface area contributed by atoms with Crippen molar-refractivity contribution in [2.45, 2.75) is 39.5 Å². The lowest BCUT2D eigenvalue weighted by molar-refractivity contribution is -0.123. The fraction of sp³-hybridized carbons (Fsp3) is 0.364. The minimum Gasteiger partial charge on any atom is -0.494 e. The summed E-state index contributed by atoms with van der Waals surface area (Å²) in [5, 5.41) is 0. The molecule has 0 atom stereocenters. The van der Waals surface area contributed by atoms with Gasteiger partial charge in [0.25, 0.3) is 11.8 Å². The van der Waals surface area contributed by atoms with Gasteiger partial charge in [-0.3, -0.25) is 20.4 Å². The standard InChI is InChI=1S/C22H28N2O4/c1-4-5-13-27-18-10-8-9-17(14-18)22(26)24-23-21(25)15-28-20-12-7-6-11-19(20)16(2)3/h6-12,14,16H,4-5,13,15H2,1-3H3,(H,23,25)(H,24,26). The molecule has 2 N–H and O–H groups in total. The molecule has 0 radical (unpaired) electrons. The number of para-hydroxylation sites is 1. The van der Waals surface area contributed by atoms with Crippen LogP contribution in [0, 0.1) is 0 Å². The largest absolute Gasteiger partial charge is 0.494 e. The van der Waals surface area contributed by atoms with Crippen LogP contribution in [0.2, 0.25) is 0 Å². The normalized spacial score (nSPS) is 10.4.